The Morgan fingerprint density at radius 2 is 2.20 bits per heavy atom. The summed E-state index contributed by atoms with van der Waals surface area (Å²) < 4.78 is 1.20. The molecule has 0 bridgehead atoms. The van der Waals surface area contributed by atoms with Gasteiger partial charge in [0.05, 0.1) is 3.79 Å². The standard InChI is InChI=1S/C15H17BrClNS2/c1-2-18-12(9-14-6-7-15(16)20-14)10-19-13-5-3-4-11(17)8-13/h3-8,12,18H,2,9-10H2,1H3. The average molecular weight is 391 g/mol. The van der Waals surface area contributed by atoms with E-state index in [2.05, 4.69) is 46.4 Å². The summed E-state index contributed by atoms with van der Waals surface area (Å²) in [5.41, 5.74) is 0. The summed E-state index contributed by atoms with van der Waals surface area (Å²) in [5, 5.41) is 4.37. The van der Waals surface area contributed by atoms with E-state index in [1.54, 1.807) is 0 Å². The number of likely N-dealkylation sites (N-methyl/N-ethyl adjacent to an activating group) is 1. The van der Waals surface area contributed by atoms with E-state index in [9.17, 15) is 0 Å². The zero-order chi connectivity index (χ0) is 14.4. The maximum atomic E-state index is 6.02. The quantitative estimate of drug-likeness (QED) is 0.628. The van der Waals surface area contributed by atoms with Crippen molar-refractivity contribution in [3.63, 3.8) is 0 Å². The molecule has 2 rings (SSSR count). The van der Waals surface area contributed by atoms with Crippen molar-refractivity contribution in [1.29, 1.82) is 0 Å². The number of hydrogen-bond donors (Lipinski definition) is 1. The molecule has 1 heterocycles. The molecule has 0 fully saturated rings. The molecule has 5 heteroatoms. The van der Waals surface area contributed by atoms with E-state index in [0.29, 0.717) is 6.04 Å². The van der Waals surface area contributed by atoms with E-state index in [1.807, 2.05) is 41.3 Å². The number of nitrogens with one attached hydrogen (secondary N) is 1. The first-order valence-electron chi connectivity index (χ1n) is 6.53. The fourth-order valence-electron chi connectivity index (χ4n) is 1.94. The molecular formula is C15H17BrClNS2. The van der Waals surface area contributed by atoms with Gasteiger partial charge in [0.2, 0.25) is 0 Å². The number of hydrogen-bond acceptors (Lipinski definition) is 3. The van der Waals surface area contributed by atoms with Crippen LogP contribution >= 0.6 is 50.6 Å². The molecule has 108 valence electrons. The third-order valence-corrected chi connectivity index (χ3v) is 5.85. The number of thioether (sulfide) groups is 1. The second-order valence-electron chi connectivity index (χ2n) is 4.43. The Labute approximate surface area is 142 Å². The van der Waals surface area contributed by atoms with Gasteiger partial charge >= 0.3 is 0 Å². The minimum atomic E-state index is 0.481. The minimum Gasteiger partial charge on any atom is -0.313 e. The zero-order valence-electron chi connectivity index (χ0n) is 11.2. The molecule has 0 radical (unpaired) electrons. The third-order valence-electron chi connectivity index (χ3n) is 2.82. The van der Waals surface area contributed by atoms with Gasteiger partial charge in [-0.2, -0.15) is 0 Å². The van der Waals surface area contributed by atoms with Crippen LogP contribution in [0.5, 0.6) is 0 Å². The van der Waals surface area contributed by atoms with Crippen LogP contribution in [-0.2, 0) is 6.42 Å². The lowest BCUT2D eigenvalue weighted by molar-refractivity contribution is 0.576. The summed E-state index contributed by atoms with van der Waals surface area (Å²) in [6.07, 6.45) is 1.07. The second-order valence-corrected chi connectivity index (χ2v) is 8.51. The molecule has 0 amide bonds. The highest BCUT2D eigenvalue weighted by Crippen LogP contribution is 2.26. The van der Waals surface area contributed by atoms with E-state index in [0.717, 1.165) is 23.7 Å². The monoisotopic (exact) mass is 389 g/mol. The van der Waals surface area contributed by atoms with Crippen molar-refractivity contribution in [2.75, 3.05) is 12.3 Å². The summed E-state index contributed by atoms with van der Waals surface area (Å²) in [4.78, 5) is 2.64. The lowest BCUT2D eigenvalue weighted by Crippen LogP contribution is -2.32. The molecule has 0 aliphatic rings. The SMILES string of the molecule is CCNC(CSc1cccc(Cl)c1)Cc1ccc(Br)s1. The van der Waals surface area contributed by atoms with Gasteiger partial charge in [-0.3, -0.25) is 0 Å². The molecule has 20 heavy (non-hydrogen) atoms. The fraction of sp³-hybridized carbons (Fsp3) is 0.333. The van der Waals surface area contributed by atoms with Gasteiger partial charge in [-0.15, -0.1) is 23.1 Å². The largest absolute Gasteiger partial charge is 0.313 e. The predicted molar refractivity (Wildman–Crippen MR) is 95.4 cm³/mol. The zero-order valence-corrected chi connectivity index (χ0v) is 15.2. The first-order valence-corrected chi connectivity index (χ1v) is 9.50. The topological polar surface area (TPSA) is 12.0 Å². The normalized spacial score (nSPS) is 12.6. The van der Waals surface area contributed by atoms with E-state index in [4.69, 9.17) is 11.6 Å². The van der Waals surface area contributed by atoms with Gasteiger partial charge in [0, 0.05) is 26.6 Å². The van der Waals surface area contributed by atoms with Crippen molar-refractivity contribution in [3.8, 4) is 0 Å². The minimum absolute atomic E-state index is 0.481. The summed E-state index contributed by atoms with van der Waals surface area (Å²) in [6, 6.07) is 12.9. The number of thiophene rings is 1. The molecule has 2 aromatic rings. The highest BCUT2D eigenvalue weighted by molar-refractivity contribution is 9.11. The van der Waals surface area contributed by atoms with Crippen LogP contribution in [-0.4, -0.2) is 18.3 Å². The molecule has 0 spiro atoms. The molecule has 0 saturated carbocycles. The highest BCUT2D eigenvalue weighted by Gasteiger charge is 2.11. The molecule has 1 nitrogen and oxygen atoms in total. The first kappa shape index (κ1) is 16.4. The van der Waals surface area contributed by atoms with Gasteiger partial charge in [0.1, 0.15) is 0 Å². The van der Waals surface area contributed by atoms with Gasteiger partial charge in [0.15, 0.2) is 0 Å². The molecule has 0 aliphatic heterocycles. The van der Waals surface area contributed by atoms with Crippen LogP contribution in [0.15, 0.2) is 45.1 Å². The van der Waals surface area contributed by atoms with Gasteiger partial charge in [-0.1, -0.05) is 24.6 Å². The van der Waals surface area contributed by atoms with E-state index in [1.165, 1.54) is 13.6 Å². The van der Waals surface area contributed by atoms with Gasteiger partial charge in [-0.25, -0.2) is 0 Å². The van der Waals surface area contributed by atoms with Crippen molar-refractivity contribution in [1.82, 2.24) is 5.32 Å². The number of halogens is 2. The summed E-state index contributed by atoms with van der Waals surface area (Å²) in [6.45, 7) is 3.15. The molecule has 1 atom stereocenters. The van der Waals surface area contributed by atoms with Crippen LogP contribution < -0.4 is 5.32 Å². The van der Waals surface area contributed by atoms with Crippen LogP contribution in [0.25, 0.3) is 0 Å². The Bertz CT molecular complexity index is 544. The molecule has 1 unspecified atom stereocenters. The van der Waals surface area contributed by atoms with Crippen LogP contribution in [0.4, 0.5) is 0 Å². The van der Waals surface area contributed by atoms with Crippen molar-refractivity contribution < 1.29 is 0 Å². The van der Waals surface area contributed by atoms with E-state index < -0.39 is 0 Å². The van der Waals surface area contributed by atoms with Crippen LogP contribution in [0.2, 0.25) is 5.02 Å². The molecule has 1 N–H and O–H groups in total. The maximum Gasteiger partial charge on any atom is 0.0701 e. The van der Waals surface area contributed by atoms with Crippen LogP contribution in [0.3, 0.4) is 0 Å². The average Bonchev–Trinajstić information content (AvgIpc) is 2.82. The predicted octanol–water partition coefficient (Wildman–Crippen LogP) is 5.48. The van der Waals surface area contributed by atoms with Crippen molar-refractivity contribution >= 4 is 50.6 Å². The number of rotatable bonds is 7. The first-order chi connectivity index (χ1) is 9.67. The van der Waals surface area contributed by atoms with Gasteiger partial charge in [0.25, 0.3) is 0 Å². The van der Waals surface area contributed by atoms with Crippen LogP contribution in [0.1, 0.15) is 11.8 Å². The van der Waals surface area contributed by atoms with Crippen molar-refractivity contribution in [3.05, 3.63) is 50.1 Å². The van der Waals surface area contributed by atoms with Gasteiger partial charge in [-0.05, 0) is 59.2 Å². The van der Waals surface area contributed by atoms with Gasteiger partial charge < -0.3 is 5.32 Å². The maximum absolute atomic E-state index is 6.02. The Morgan fingerprint density at radius 3 is 2.85 bits per heavy atom. The Kier molecular flexibility index (Phi) is 6.91. The van der Waals surface area contributed by atoms with Crippen LogP contribution in [0, 0.1) is 0 Å². The third kappa shape index (κ3) is 5.41. The number of benzene rings is 1. The molecule has 1 aromatic carbocycles. The Morgan fingerprint density at radius 1 is 1.35 bits per heavy atom. The Balaban J connectivity index is 1.91. The van der Waals surface area contributed by atoms with Crippen molar-refractivity contribution in [2.24, 2.45) is 0 Å². The molecule has 0 saturated heterocycles. The summed E-state index contributed by atoms with van der Waals surface area (Å²) in [7, 11) is 0. The molecule has 1 aromatic heterocycles. The smallest absolute Gasteiger partial charge is 0.0701 e. The molecule has 0 aliphatic carbocycles. The van der Waals surface area contributed by atoms with E-state index in [-0.39, 0.29) is 0 Å². The summed E-state index contributed by atoms with van der Waals surface area (Å²) >= 11 is 13.2. The molecular weight excluding hydrogens is 374 g/mol. The summed E-state index contributed by atoms with van der Waals surface area (Å²) in [5.74, 6) is 1.05. The highest BCUT2D eigenvalue weighted by atomic mass is 79.9. The lowest BCUT2D eigenvalue weighted by Gasteiger charge is -2.16. The lowest BCUT2D eigenvalue weighted by atomic mass is 10.2. The van der Waals surface area contributed by atoms with Crippen molar-refractivity contribution in [2.45, 2.75) is 24.3 Å². The fourth-order valence-corrected chi connectivity index (χ4v) is 4.77. The van der Waals surface area contributed by atoms with E-state index >= 15 is 0 Å². The second kappa shape index (κ2) is 8.44. The Hall–Kier alpha value is -0.0000000000000000833.